The highest BCUT2D eigenvalue weighted by molar-refractivity contribution is 6.74. The van der Waals surface area contributed by atoms with Crippen LogP contribution in [0.5, 0.6) is 0 Å². The Morgan fingerprint density at radius 2 is 1.83 bits per heavy atom. The van der Waals surface area contributed by atoms with Crippen LogP contribution in [0.4, 0.5) is 0 Å². The summed E-state index contributed by atoms with van der Waals surface area (Å²) in [4.78, 5) is 0. The average Bonchev–Trinajstić information content (AvgIpc) is 2.96. The van der Waals surface area contributed by atoms with Crippen LogP contribution in [0.1, 0.15) is 60.3 Å². The fourth-order valence-electron chi connectivity index (χ4n) is 4.55. The van der Waals surface area contributed by atoms with Crippen LogP contribution in [0.2, 0.25) is 23.9 Å². The van der Waals surface area contributed by atoms with Crippen LogP contribution in [0.25, 0.3) is 0 Å². The maximum atomic E-state index is 6.87. The predicted octanol–water partition coefficient (Wildman–Crippen LogP) is 4.43. The van der Waals surface area contributed by atoms with Gasteiger partial charge in [-0.3, -0.25) is 0 Å². The maximum Gasteiger partial charge on any atom is 0.192 e. The minimum absolute atomic E-state index is 0.0219. The molecule has 2 radical (unpaired) electrons. The molecule has 0 aromatic rings. The van der Waals surface area contributed by atoms with Crippen LogP contribution in [0.3, 0.4) is 0 Å². The van der Waals surface area contributed by atoms with Crippen LogP contribution >= 0.6 is 0 Å². The van der Waals surface area contributed by atoms with Crippen LogP contribution in [0.15, 0.2) is 0 Å². The summed E-state index contributed by atoms with van der Waals surface area (Å²) >= 11 is 0. The molecule has 0 bridgehead atoms. The molecule has 0 amide bonds. The Kier molecular flexibility index (Phi) is 4.16. The number of rotatable bonds is 2. The molecule has 3 aliphatic rings. The summed E-state index contributed by atoms with van der Waals surface area (Å²) in [6.45, 7) is 15.6. The molecule has 130 valence electrons. The quantitative estimate of drug-likeness (QED) is 0.698. The highest BCUT2D eigenvalue weighted by Crippen LogP contribution is 2.61. The molecular formula is C18H33BO3Si. The van der Waals surface area contributed by atoms with Gasteiger partial charge >= 0.3 is 0 Å². The zero-order chi connectivity index (χ0) is 17.3. The van der Waals surface area contributed by atoms with Crippen molar-refractivity contribution >= 4 is 16.2 Å². The summed E-state index contributed by atoms with van der Waals surface area (Å²) in [7, 11) is 4.66. The molecule has 3 rings (SSSR count). The van der Waals surface area contributed by atoms with E-state index in [2.05, 4.69) is 33.9 Å². The monoisotopic (exact) mass is 336 g/mol. The lowest BCUT2D eigenvalue weighted by atomic mass is 9.76. The predicted molar refractivity (Wildman–Crippen MR) is 96.3 cm³/mol. The summed E-state index contributed by atoms with van der Waals surface area (Å²) in [6.07, 6.45) is 4.84. The SMILES string of the molecule is [B][C@@H]1C[C@@]2(CCC[C@@H]2O[Si](C)(C)C(C)(C)C)C2OC(C)(C)OC21. The Labute approximate surface area is 144 Å². The topological polar surface area (TPSA) is 27.7 Å². The fraction of sp³-hybridized carbons (Fsp3) is 1.00. The molecule has 3 fully saturated rings. The van der Waals surface area contributed by atoms with Gasteiger partial charge in [-0.15, -0.1) is 0 Å². The van der Waals surface area contributed by atoms with Gasteiger partial charge in [-0.05, 0) is 57.1 Å². The van der Waals surface area contributed by atoms with E-state index in [0.29, 0.717) is 0 Å². The van der Waals surface area contributed by atoms with Crippen molar-refractivity contribution in [1.29, 1.82) is 0 Å². The van der Waals surface area contributed by atoms with Gasteiger partial charge in [-0.2, -0.15) is 0 Å². The highest BCUT2D eigenvalue weighted by Gasteiger charge is 2.64. The lowest BCUT2D eigenvalue weighted by Crippen LogP contribution is -2.50. The van der Waals surface area contributed by atoms with Gasteiger partial charge in [0.25, 0.3) is 0 Å². The van der Waals surface area contributed by atoms with Crippen molar-refractivity contribution in [2.45, 2.75) is 108 Å². The van der Waals surface area contributed by atoms with Crippen molar-refractivity contribution < 1.29 is 13.9 Å². The molecule has 5 heteroatoms. The molecule has 1 heterocycles. The second-order valence-electron chi connectivity index (χ2n) is 9.88. The molecule has 0 N–H and O–H groups in total. The second kappa shape index (κ2) is 5.33. The zero-order valence-corrected chi connectivity index (χ0v) is 16.9. The lowest BCUT2D eigenvalue weighted by Gasteiger charge is -2.44. The van der Waals surface area contributed by atoms with E-state index < -0.39 is 14.1 Å². The van der Waals surface area contributed by atoms with E-state index >= 15 is 0 Å². The zero-order valence-electron chi connectivity index (χ0n) is 15.9. The summed E-state index contributed by atoms with van der Waals surface area (Å²) < 4.78 is 19.3. The molecule has 3 nitrogen and oxygen atoms in total. The molecule has 0 aromatic carbocycles. The Balaban J connectivity index is 1.86. The largest absolute Gasteiger partial charge is 0.413 e. The van der Waals surface area contributed by atoms with Crippen molar-refractivity contribution in [2.24, 2.45) is 5.41 Å². The van der Waals surface area contributed by atoms with Crippen molar-refractivity contribution in [3.63, 3.8) is 0 Å². The van der Waals surface area contributed by atoms with Crippen molar-refractivity contribution in [3.05, 3.63) is 0 Å². The van der Waals surface area contributed by atoms with Gasteiger partial charge < -0.3 is 13.9 Å². The molecule has 2 aliphatic carbocycles. The van der Waals surface area contributed by atoms with Crippen molar-refractivity contribution in [2.75, 3.05) is 0 Å². The molecule has 1 spiro atoms. The van der Waals surface area contributed by atoms with Gasteiger partial charge in [-0.1, -0.05) is 27.2 Å². The fourth-order valence-corrected chi connectivity index (χ4v) is 5.97. The van der Waals surface area contributed by atoms with Crippen LogP contribution in [-0.4, -0.2) is 40.3 Å². The Bertz CT molecular complexity index is 473. The first-order valence-corrected chi connectivity index (χ1v) is 12.1. The van der Waals surface area contributed by atoms with E-state index in [-0.39, 0.29) is 34.6 Å². The molecule has 0 aromatic heterocycles. The number of hydrogen-bond acceptors (Lipinski definition) is 3. The summed E-state index contributed by atoms with van der Waals surface area (Å²) in [6, 6.07) is 0. The molecule has 5 atom stereocenters. The third-order valence-electron chi connectivity index (χ3n) is 6.73. The molecule has 2 unspecified atom stereocenters. The molecular weight excluding hydrogens is 303 g/mol. The van der Waals surface area contributed by atoms with Crippen molar-refractivity contribution in [3.8, 4) is 0 Å². The average molecular weight is 336 g/mol. The maximum absolute atomic E-state index is 6.87. The van der Waals surface area contributed by atoms with E-state index in [4.69, 9.17) is 21.7 Å². The van der Waals surface area contributed by atoms with Crippen LogP contribution in [0, 0.1) is 5.41 Å². The minimum Gasteiger partial charge on any atom is -0.413 e. The van der Waals surface area contributed by atoms with Crippen LogP contribution in [-0.2, 0) is 13.9 Å². The Morgan fingerprint density at radius 1 is 1.17 bits per heavy atom. The van der Waals surface area contributed by atoms with E-state index in [1.54, 1.807) is 0 Å². The first-order valence-electron chi connectivity index (χ1n) is 9.17. The van der Waals surface area contributed by atoms with Gasteiger partial charge in [0, 0.05) is 5.41 Å². The molecule has 23 heavy (non-hydrogen) atoms. The number of ether oxygens (including phenoxy) is 2. The molecule has 1 aliphatic heterocycles. The van der Waals surface area contributed by atoms with Gasteiger partial charge in [0.2, 0.25) is 0 Å². The van der Waals surface area contributed by atoms with Crippen molar-refractivity contribution in [1.82, 2.24) is 0 Å². The van der Waals surface area contributed by atoms with Gasteiger partial charge in [-0.25, -0.2) is 0 Å². The van der Waals surface area contributed by atoms with E-state index in [1.807, 2.05) is 13.8 Å². The third-order valence-corrected chi connectivity index (χ3v) is 11.2. The van der Waals surface area contributed by atoms with Gasteiger partial charge in [0.15, 0.2) is 14.1 Å². The van der Waals surface area contributed by atoms with Crippen LogP contribution < -0.4 is 0 Å². The standard InChI is InChI=1S/C18H33BO3Si/c1-16(2,3)23(6,7)22-13-9-8-10-18(13)11-12(19)14-15(18)21-17(4,5)20-14/h12-15H,8-11H2,1-7H3/t12-,13+,14?,15?,18-/m1/s1. The third kappa shape index (κ3) is 2.86. The van der Waals surface area contributed by atoms with E-state index in [1.165, 1.54) is 6.42 Å². The lowest BCUT2D eigenvalue weighted by molar-refractivity contribution is -0.171. The smallest absolute Gasteiger partial charge is 0.192 e. The number of fused-ring (bicyclic) bond motifs is 2. The molecule has 2 saturated carbocycles. The second-order valence-corrected chi connectivity index (χ2v) is 14.6. The first-order chi connectivity index (χ1) is 10.4. The highest BCUT2D eigenvalue weighted by atomic mass is 28.4. The number of hydrogen-bond donors (Lipinski definition) is 0. The van der Waals surface area contributed by atoms with E-state index in [9.17, 15) is 0 Å². The Morgan fingerprint density at radius 3 is 2.43 bits per heavy atom. The van der Waals surface area contributed by atoms with Gasteiger partial charge in [0.1, 0.15) is 0 Å². The minimum atomic E-state index is -1.80. The first kappa shape index (κ1) is 18.0. The summed E-state index contributed by atoms with van der Waals surface area (Å²) in [5.41, 5.74) is 0.0490. The molecule has 1 saturated heterocycles. The van der Waals surface area contributed by atoms with E-state index in [0.717, 1.165) is 19.3 Å². The normalized spacial score (nSPS) is 43.3. The van der Waals surface area contributed by atoms with Gasteiger partial charge in [0.05, 0.1) is 26.2 Å². The Hall–Kier alpha value is 0.162. The summed E-state index contributed by atoms with van der Waals surface area (Å²) in [5, 5.41) is 0.225. The summed E-state index contributed by atoms with van der Waals surface area (Å²) in [5.74, 6) is -0.463.